The molecular formula is C26H28N4O5. The van der Waals surface area contributed by atoms with Crippen molar-refractivity contribution in [2.24, 2.45) is 0 Å². The molecule has 1 aliphatic rings. The highest BCUT2D eigenvalue weighted by molar-refractivity contribution is 6.46. The second kappa shape index (κ2) is 9.61. The largest absolute Gasteiger partial charge is 0.507 e. The fraction of sp³-hybridized carbons (Fsp3) is 0.308. The first-order valence-electron chi connectivity index (χ1n) is 11.3. The molecule has 1 saturated heterocycles. The maximum atomic E-state index is 13.3. The molecule has 2 N–H and O–H groups in total. The number of rotatable bonds is 7. The summed E-state index contributed by atoms with van der Waals surface area (Å²) in [6.07, 6.45) is 5.81. The maximum absolute atomic E-state index is 13.3. The molecule has 0 aliphatic carbocycles. The Kier molecular flexibility index (Phi) is 6.59. The van der Waals surface area contributed by atoms with E-state index in [2.05, 4.69) is 9.97 Å². The SMILES string of the molecule is COC(=O)c1[nH]c(C)c(C(O)=C2C(=O)C(=O)N(CCCn3ccnc3)[C@H]2c2ccc(C)cc2)c1C. The molecule has 0 spiro atoms. The van der Waals surface area contributed by atoms with E-state index in [9.17, 15) is 19.5 Å². The van der Waals surface area contributed by atoms with Crippen molar-refractivity contribution in [2.75, 3.05) is 13.7 Å². The van der Waals surface area contributed by atoms with Crippen LogP contribution in [0.2, 0.25) is 0 Å². The number of methoxy groups -OCH3 is 1. The second-order valence-corrected chi connectivity index (χ2v) is 8.67. The minimum absolute atomic E-state index is 0.00287. The number of ether oxygens (including phenoxy) is 1. The number of carbonyl (C=O) groups excluding carboxylic acids is 3. The number of aromatic nitrogens is 3. The Morgan fingerprint density at radius 2 is 1.86 bits per heavy atom. The van der Waals surface area contributed by atoms with Crippen LogP contribution >= 0.6 is 0 Å². The normalized spacial score (nSPS) is 17.3. The van der Waals surface area contributed by atoms with Crippen molar-refractivity contribution in [1.82, 2.24) is 19.4 Å². The highest BCUT2D eigenvalue weighted by Gasteiger charge is 2.46. The number of hydrogen-bond acceptors (Lipinski definition) is 6. The number of benzene rings is 1. The van der Waals surface area contributed by atoms with Gasteiger partial charge in [-0.3, -0.25) is 9.59 Å². The predicted octanol–water partition coefficient (Wildman–Crippen LogP) is 3.44. The molecule has 0 radical (unpaired) electrons. The molecular weight excluding hydrogens is 448 g/mol. The van der Waals surface area contributed by atoms with Crippen LogP contribution in [0.25, 0.3) is 5.76 Å². The third-order valence-corrected chi connectivity index (χ3v) is 6.37. The molecule has 9 heteroatoms. The molecule has 1 amide bonds. The second-order valence-electron chi connectivity index (χ2n) is 8.67. The maximum Gasteiger partial charge on any atom is 0.354 e. The van der Waals surface area contributed by atoms with E-state index in [1.807, 2.05) is 42.0 Å². The van der Waals surface area contributed by atoms with Crippen molar-refractivity contribution in [3.8, 4) is 0 Å². The Morgan fingerprint density at radius 3 is 2.49 bits per heavy atom. The number of nitrogens with one attached hydrogen (secondary N) is 1. The van der Waals surface area contributed by atoms with Crippen LogP contribution in [-0.2, 0) is 20.9 Å². The number of Topliss-reactive ketones (excluding diaryl/α,β-unsaturated/α-hetero) is 1. The third-order valence-electron chi connectivity index (χ3n) is 6.37. The van der Waals surface area contributed by atoms with Gasteiger partial charge >= 0.3 is 5.97 Å². The van der Waals surface area contributed by atoms with Crippen LogP contribution in [0.1, 0.15) is 50.9 Å². The number of aliphatic hydroxyl groups excluding tert-OH is 1. The lowest BCUT2D eigenvalue weighted by Crippen LogP contribution is -2.31. The fourth-order valence-electron chi connectivity index (χ4n) is 4.59. The molecule has 1 aliphatic heterocycles. The van der Waals surface area contributed by atoms with Gasteiger partial charge in [0.05, 0.1) is 25.1 Å². The van der Waals surface area contributed by atoms with Crippen molar-refractivity contribution in [1.29, 1.82) is 0 Å². The van der Waals surface area contributed by atoms with E-state index < -0.39 is 23.7 Å². The van der Waals surface area contributed by atoms with E-state index in [1.165, 1.54) is 12.0 Å². The van der Waals surface area contributed by atoms with Crippen molar-refractivity contribution >= 4 is 23.4 Å². The fourth-order valence-corrected chi connectivity index (χ4v) is 4.59. The number of hydrogen-bond donors (Lipinski definition) is 2. The van der Waals surface area contributed by atoms with Gasteiger partial charge in [0.15, 0.2) is 0 Å². The van der Waals surface area contributed by atoms with E-state index in [1.54, 1.807) is 26.4 Å². The zero-order valence-corrected chi connectivity index (χ0v) is 20.2. The molecule has 0 bridgehead atoms. The first-order chi connectivity index (χ1) is 16.7. The van der Waals surface area contributed by atoms with Gasteiger partial charge in [-0.05, 0) is 38.3 Å². The van der Waals surface area contributed by atoms with Crippen molar-refractivity contribution in [2.45, 2.75) is 39.8 Å². The molecule has 3 heterocycles. The van der Waals surface area contributed by atoms with Gasteiger partial charge in [0.2, 0.25) is 0 Å². The smallest absolute Gasteiger partial charge is 0.354 e. The van der Waals surface area contributed by atoms with Crippen molar-refractivity contribution in [3.63, 3.8) is 0 Å². The molecule has 3 aromatic rings. The Balaban J connectivity index is 1.79. The van der Waals surface area contributed by atoms with E-state index in [4.69, 9.17) is 4.74 Å². The molecule has 2 aromatic heterocycles. The van der Waals surface area contributed by atoms with Gasteiger partial charge in [0.1, 0.15) is 11.5 Å². The van der Waals surface area contributed by atoms with Crippen LogP contribution in [0.3, 0.4) is 0 Å². The lowest BCUT2D eigenvalue weighted by molar-refractivity contribution is -0.139. The van der Waals surface area contributed by atoms with Gasteiger partial charge in [-0.1, -0.05) is 29.8 Å². The monoisotopic (exact) mass is 476 g/mol. The summed E-state index contributed by atoms with van der Waals surface area (Å²) < 4.78 is 6.72. The summed E-state index contributed by atoms with van der Waals surface area (Å²) in [7, 11) is 1.27. The third kappa shape index (κ3) is 4.37. The lowest BCUT2D eigenvalue weighted by atomic mass is 9.93. The number of ketones is 1. The lowest BCUT2D eigenvalue weighted by Gasteiger charge is -2.25. The van der Waals surface area contributed by atoms with E-state index >= 15 is 0 Å². The highest BCUT2D eigenvalue weighted by Crippen LogP contribution is 2.41. The molecule has 1 aromatic carbocycles. The number of aromatic amines is 1. The first kappa shape index (κ1) is 24.0. The molecule has 1 atom stereocenters. The zero-order chi connectivity index (χ0) is 25.3. The molecule has 1 fully saturated rings. The first-order valence-corrected chi connectivity index (χ1v) is 11.3. The Hall–Kier alpha value is -4.14. The predicted molar refractivity (Wildman–Crippen MR) is 129 cm³/mol. The average molecular weight is 477 g/mol. The van der Waals surface area contributed by atoms with Crippen LogP contribution in [0.4, 0.5) is 0 Å². The van der Waals surface area contributed by atoms with Crippen molar-refractivity contribution < 1.29 is 24.2 Å². The van der Waals surface area contributed by atoms with E-state index in [0.717, 1.165) is 11.1 Å². The van der Waals surface area contributed by atoms with Crippen LogP contribution < -0.4 is 0 Å². The van der Waals surface area contributed by atoms with Crippen LogP contribution in [0.5, 0.6) is 0 Å². The molecule has 0 unspecified atom stereocenters. The number of imidazole rings is 1. The zero-order valence-electron chi connectivity index (χ0n) is 20.2. The summed E-state index contributed by atoms with van der Waals surface area (Å²) in [4.78, 5) is 47.0. The summed E-state index contributed by atoms with van der Waals surface area (Å²) in [5.41, 5.74) is 3.20. The number of likely N-dealkylation sites (tertiary alicyclic amines) is 1. The number of H-pyrrole nitrogens is 1. The van der Waals surface area contributed by atoms with Gasteiger partial charge in [-0.15, -0.1) is 0 Å². The molecule has 4 rings (SSSR count). The molecule has 0 saturated carbocycles. The number of aryl methyl sites for hydroxylation is 3. The number of carbonyl (C=O) groups is 3. The van der Waals surface area contributed by atoms with Crippen molar-refractivity contribution in [3.05, 3.63) is 82.2 Å². The summed E-state index contributed by atoms with van der Waals surface area (Å²) in [6.45, 7) is 6.24. The molecule has 182 valence electrons. The van der Waals surface area contributed by atoms with Gasteiger partial charge in [-0.25, -0.2) is 9.78 Å². The molecule has 35 heavy (non-hydrogen) atoms. The Bertz CT molecular complexity index is 1300. The van der Waals surface area contributed by atoms with Crippen LogP contribution in [0, 0.1) is 20.8 Å². The summed E-state index contributed by atoms with van der Waals surface area (Å²) in [6, 6.07) is 6.78. The van der Waals surface area contributed by atoms with E-state index in [-0.39, 0.29) is 17.0 Å². The Morgan fingerprint density at radius 1 is 1.14 bits per heavy atom. The van der Waals surface area contributed by atoms with Gasteiger partial charge in [0, 0.05) is 36.7 Å². The number of amides is 1. The summed E-state index contributed by atoms with van der Waals surface area (Å²) >= 11 is 0. The van der Waals surface area contributed by atoms with Gasteiger partial charge < -0.3 is 24.3 Å². The number of nitrogens with zero attached hydrogens (tertiary/aromatic N) is 3. The quantitative estimate of drug-likeness (QED) is 0.233. The van der Waals surface area contributed by atoms with Gasteiger partial charge in [-0.2, -0.15) is 0 Å². The topological polar surface area (TPSA) is 118 Å². The summed E-state index contributed by atoms with van der Waals surface area (Å²) in [5.74, 6) is -2.32. The minimum atomic E-state index is -0.756. The number of esters is 1. The minimum Gasteiger partial charge on any atom is -0.507 e. The Labute approximate surface area is 203 Å². The highest BCUT2D eigenvalue weighted by atomic mass is 16.5. The standard InChI is InChI=1S/C26H28N4O5/c1-15-6-8-18(9-7-15)22-20(23(31)19-16(2)21(26(34)35-4)28-17(19)3)24(32)25(33)30(22)12-5-11-29-13-10-27-14-29/h6-10,13-14,22,28,31H,5,11-12H2,1-4H3/t22-/m0/s1. The summed E-state index contributed by atoms with van der Waals surface area (Å²) in [5, 5.41) is 11.4. The number of aliphatic hydroxyl groups is 1. The van der Waals surface area contributed by atoms with Gasteiger partial charge in [0.25, 0.3) is 11.7 Å². The van der Waals surface area contributed by atoms with Crippen LogP contribution in [0.15, 0.2) is 48.6 Å². The van der Waals surface area contributed by atoms with Crippen LogP contribution in [-0.4, -0.2) is 55.9 Å². The average Bonchev–Trinajstić information content (AvgIpc) is 3.52. The van der Waals surface area contributed by atoms with E-state index in [0.29, 0.717) is 36.3 Å². The molecule has 9 nitrogen and oxygen atoms in total.